The summed E-state index contributed by atoms with van der Waals surface area (Å²) in [6, 6.07) is 6.80. The first-order valence-corrected chi connectivity index (χ1v) is 9.17. The van der Waals surface area contributed by atoms with Gasteiger partial charge in [0.2, 0.25) is 5.91 Å². The summed E-state index contributed by atoms with van der Waals surface area (Å²) in [7, 11) is 0. The molecule has 1 amide bonds. The number of piperazine rings is 1. The highest BCUT2D eigenvalue weighted by Crippen LogP contribution is 2.20. The summed E-state index contributed by atoms with van der Waals surface area (Å²) in [5, 5.41) is 0. The van der Waals surface area contributed by atoms with Gasteiger partial charge < -0.3 is 4.90 Å². The number of nitrogens with zero attached hydrogens (tertiary/aromatic N) is 3. The number of likely N-dealkylation sites (tertiary alicyclic amines) is 1. The maximum atomic E-state index is 13.0. The minimum absolute atomic E-state index is 0.0902. The van der Waals surface area contributed by atoms with Gasteiger partial charge in [-0.1, -0.05) is 25.5 Å². The molecule has 2 fully saturated rings. The molecule has 2 heterocycles. The van der Waals surface area contributed by atoms with E-state index >= 15 is 0 Å². The Labute approximate surface area is 144 Å². The molecule has 0 aromatic heterocycles. The van der Waals surface area contributed by atoms with Crippen LogP contribution in [-0.2, 0) is 11.3 Å². The van der Waals surface area contributed by atoms with Crippen molar-refractivity contribution in [3.8, 4) is 0 Å². The van der Waals surface area contributed by atoms with Crippen molar-refractivity contribution < 1.29 is 9.18 Å². The lowest BCUT2D eigenvalue weighted by molar-refractivity contribution is -0.140. The van der Waals surface area contributed by atoms with E-state index in [2.05, 4.69) is 16.7 Å². The van der Waals surface area contributed by atoms with Gasteiger partial charge in [0, 0.05) is 32.7 Å². The van der Waals surface area contributed by atoms with Crippen LogP contribution in [0.4, 0.5) is 4.39 Å². The Morgan fingerprint density at radius 3 is 2.46 bits per heavy atom. The number of carbonyl (C=O) groups excluding carboxylic acids is 1. The fourth-order valence-electron chi connectivity index (χ4n) is 3.83. The van der Waals surface area contributed by atoms with E-state index in [1.807, 2.05) is 17.0 Å². The molecule has 0 bridgehead atoms. The molecule has 132 valence electrons. The van der Waals surface area contributed by atoms with Crippen LogP contribution in [-0.4, -0.2) is 65.9 Å². The van der Waals surface area contributed by atoms with Crippen LogP contribution < -0.4 is 0 Å². The van der Waals surface area contributed by atoms with Crippen molar-refractivity contribution in [2.75, 3.05) is 39.3 Å². The molecule has 4 nitrogen and oxygen atoms in total. The first-order valence-electron chi connectivity index (χ1n) is 9.17. The second kappa shape index (κ2) is 8.08. The molecule has 0 N–H and O–H groups in total. The SMILES string of the molecule is CCN1CCCC[C@H]1C(=O)N1CCN(Cc2ccc(F)cc2)CC1. The molecular weight excluding hydrogens is 305 g/mol. The average Bonchev–Trinajstić information content (AvgIpc) is 2.63. The predicted molar refractivity (Wildman–Crippen MR) is 93.1 cm³/mol. The van der Waals surface area contributed by atoms with Crippen LogP contribution in [0.2, 0.25) is 0 Å². The molecule has 2 aliphatic rings. The van der Waals surface area contributed by atoms with Gasteiger partial charge in [-0.25, -0.2) is 4.39 Å². The van der Waals surface area contributed by atoms with E-state index in [4.69, 9.17) is 0 Å². The maximum Gasteiger partial charge on any atom is 0.240 e. The Balaban J connectivity index is 1.50. The van der Waals surface area contributed by atoms with Crippen molar-refractivity contribution in [2.45, 2.75) is 38.8 Å². The smallest absolute Gasteiger partial charge is 0.240 e. The van der Waals surface area contributed by atoms with Gasteiger partial charge in [-0.3, -0.25) is 14.6 Å². The normalized spacial score (nSPS) is 23.4. The number of hydrogen-bond acceptors (Lipinski definition) is 3. The van der Waals surface area contributed by atoms with Crippen molar-refractivity contribution >= 4 is 5.91 Å². The van der Waals surface area contributed by atoms with Crippen molar-refractivity contribution in [3.63, 3.8) is 0 Å². The van der Waals surface area contributed by atoms with Gasteiger partial charge >= 0.3 is 0 Å². The zero-order valence-electron chi connectivity index (χ0n) is 14.6. The topological polar surface area (TPSA) is 26.8 Å². The molecule has 2 aliphatic heterocycles. The Kier molecular flexibility index (Phi) is 5.85. The minimum atomic E-state index is -0.192. The fourth-order valence-corrected chi connectivity index (χ4v) is 3.83. The van der Waals surface area contributed by atoms with Crippen LogP contribution in [0.15, 0.2) is 24.3 Å². The number of halogens is 1. The standard InChI is InChI=1S/C19H28FN3O/c1-2-22-10-4-3-5-18(22)19(24)23-13-11-21(12-14-23)15-16-6-8-17(20)9-7-16/h6-9,18H,2-5,10-15H2,1H3/t18-/m0/s1. The van der Waals surface area contributed by atoms with E-state index < -0.39 is 0 Å². The monoisotopic (exact) mass is 333 g/mol. The Morgan fingerprint density at radius 1 is 1.08 bits per heavy atom. The molecule has 0 radical (unpaired) electrons. The number of likely N-dealkylation sites (N-methyl/N-ethyl adjacent to an activating group) is 1. The third kappa shape index (κ3) is 4.14. The molecule has 1 aromatic carbocycles. The molecule has 0 spiro atoms. The number of rotatable bonds is 4. The second-order valence-corrected chi connectivity index (χ2v) is 6.87. The van der Waals surface area contributed by atoms with E-state index in [1.165, 1.54) is 18.6 Å². The lowest BCUT2D eigenvalue weighted by atomic mass is 10.0. The Morgan fingerprint density at radius 2 is 1.79 bits per heavy atom. The van der Waals surface area contributed by atoms with E-state index in [9.17, 15) is 9.18 Å². The van der Waals surface area contributed by atoms with E-state index in [0.29, 0.717) is 5.91 Å². The summed E-state index contributed by atoms with van der Waals surface area (Å²) in [4.78, 5) is 19.6. The van der Waals surface area contributed by atoms with E-state index in [-0.39, 0.29) is 11.9 Å². The van der Waals surface area contributed by atoms with Crippen LogP contribution in [0.3, 0.4) is 0 Å². The lowest BCUT2D eigenvalue weighted by Crippen LogP contribution is -2.55. The summed E-state index contributed by atoms with van der Waals surface area (Å²) < 4.78 is 13.0. The molecule has 24 heavy (non-hydrogen) atoms. The van der Waals surface area contributed by atoms with E-state index in [0.717, 1.165) is 64.2 Å². The summed E-state index contributed by atoms with van der Waals surface area (Å²) in [5.41, 5.74) is 1.13. The molecule has 3 rings (SSSR count). The molecule has 1 aromatic rings. The van der Waals surface area contributed by atoms with Crippen molar-refractivity contribution in [3.05, 3.63) is 35.6 Å². The number of piperidine rings is 1. The third-order valence-electron chi connectivity index (χ3n) is 5.31. The molecule has 0 unspecified atom stereocenters. The highest BCUT2D eigenvalue weighted by Gasteiger charge is 2.32. The van der Waals surface area contributed by atoms with Gasteiger partial charge in [0.15, 0.2) is 0 Å². The first-order chi connectivity index (χ1) is 11.7. The summed E-state index contributed by atoms with van der Waals surface area (Å²) in [6.45, 7) is 8.36. The zero-order valence-corrected chi connectivity index (χ0v) is 14.6. The van der Waals surface area contributed by atoms with E-state index in [1.54, 1.807) is 0 Å². The quantitative estimate of drug-likeness (QED) is 0.846. The first kappa shape index (κ1) is 17.4. The van der Waals surface area contributed by atoms with Crippen molar-refractivity contribution in [1.82, 2.24) is 14.7 Å². The van der Waals surface area contributed by atoms with Crippen molar-refractivity contribution in [1.29, 1.82) is 0 Å². The van der Waals surface area contributed by atoms with Gasteiger partial charge in [-0.2, -0.15) is 0 Å². The molecule has 1 atom stereocenters. The van der Waals surface area contributed by atoms with Crippen molar-refractivity contribution in [2.24, 2.45) is 0 Å². The predicted octanol–water partition coefficient (Wildman–Crippen LogP) is 2.34. The third-order valence-corrected chi connectivity index (χ3v) is 5.31. The summed E-state index contributed by atoms with van der Waals surface area (Å²) in [6.07, 6.45) is 3.38. The highest BCUT2D eigenvalue weighted by atomic mass is 19.1. The van der Waals surface area contributed by atoms with Crippen LogP contribution in [0, 0.1) is 5.82 Å². The largest absolute Gasteiger partial charge is 0.339 e. The Hall–Kier alpha value is -1.46. The number of carbonyl (C=O) groups is 1. The van der Waals surface area contributed by atoms with Gasteiger partial charge in [0.1, 0.15) is 5.82 Å². The van der Waals surface area contributed by atoms with Gasteiger partial charge in [0.05, 0.1) is 6.04 Å². The maximum absolute atomic E-state index is 13.0. The summed E-state index contributed by atoms with van der Waals surface area (Å²) >= 11 is 0. The molecule has 0 aliphatic carbocycles. The van der Waals surface area contributed by atoms with Gasteiger partial charge in [0.25, 0.3) is 0 Å². The van der Waals surface area contributed by atoms with Crippen LogP contribution in [0.25, 0.3) is 0 Å². The summed E-state index contributed by atoms with van der Waals surface area (Å²) in [5.74, 6) is 0.125. The molecular formula is C19H28FN3O. The van der Waals surface area contributed by atoms with Gasteiger partial charge in [-0.05, 0) is 43.6 Å². The lowest BCUT2D eigenvalue weighted by Gasteiger charge is -2.40. The van der Waals surface area contributed by atoms with Crippen LogP contribution in [0.5, 0.6) is 0 Å². The number of benzene rings is 1. The average molecular weight is 333 g/mol. The Bertz CT molecular complexity index is 540. The van der Waals surface area contributed by atoms with Crippen LogP contribution in [0.1, 0.15) is 31.7 Å². The molecule has 2 saturated heterocycles. The fraction of sp³-hybridized carbons (Fsp3) is 0.632. The minimum Gasteiger partial charge on any atom is -0.339 e. The van der Waals surface area contributed by atoms with Crippen LogP contribution >= 0.6 is 0 Å². The second-order valence-electron chi connectivity index (χ2n) is 6.87. The van der Waals surface area contributed by atoms with Gasteiger partial charge in [-0.15, -0.1) is 0 Å². The number of amides is 1. The number of hydrogen-bond donors (Lipinski definition) is 0. The zero-order chi connectivity index (χ0) is 16.9. The molecule has 5 heteroatoms. The molecule has 0 saturated carbocycles. The highest BCUT2D eigenvalue weighted by molar-refractivity contribution is 5.82.